The standard InChI is InChI=1S/C20H28O3/c1-12(2)18-16(22)11-19(5)10-15(21)14(4)8-6-7-13(3)9-17-20(18,19)23-17/h7,12,17-18H,4,6,8-11H2,1-3,5H3/b13-7+/t17-,18+,19+,20+/m0/s1. The van der Waals surface area contributed by atoms with Gasteiger partial charge in [0.2, 0.25) is 0 Å². The van der Waals surface area contributed by atoms with Gasteiger partial charge in [-0.15, -0.1) is 0 Å². The molecule has 1 spiro atoms. The molecule has 3 rings (SSSR count). The SMILES string of the molecule is C=C1CC/C=C(\C)C[C@@H]2O[C@@]23[C@H](C(C)C)C(=O)C[C@@]3(C)CC1=O. The fourth-order valence-corrected chi connectivity index (χ4v) is 5.00. The molecule has 0 N–H and O–H groups in total. The fraction of sp³-hybridized carbons (Fsp3) is 0.700. The van der Waals surface area contributed by atoms with Gasteiger partial charge >= 0.3 is 0 Å². The van der Waals surface area contributed by atoms with Gasteiger partial charge in [0, 0.05) is 18.3 Å². The summed E-state index contributed by atoms with van der Waals surface area (Å²) in [7, 11) is 0. The Bertz CT molecular complexity index is 600. The lowest BCUT2D eigenvalue weighted by Crippen LogP contribution is -2.41. The minimum atomic E-state index is -0.451. The summed E-state index contributed by atoms with van der Waals surface area (Å²) in [5, 5.41) is 0. The Hall–Kier alpha value is -1.22. The molecule has 2 fully saturated rings. The van der Waals surface area contributed by atoms with Gasteiger partial charge in [0.25, 0.3) is 0 Å². The topological polar surface area (TPSA) is 46.7 Å². The van der Waals surface area contributed by atoms with Crippen molar-refractivity contribution in [2.75, 3.05) is 0 Å². The smallest absolute Gasteiger partial charge is 0.158 e. The first-order valence-corrected chi connectivity index (χ1v) is 8.78. The fourth-order valence-electron chi connectivity index (χ4n) is 5.00. The van der Waals surface area contributed by atoms with Crippen molar-refractivity contribution < 1.29 is 14.3 Å². The van der Waals surface area contributed by atoms with Gasteiger partial charge in [-0.1, -0.05) is 39.0 Å². The van der Waals surface area contributed by atoms with Gasteiger partial charge in [-0.3, -0.25) is 9.59 Å². The van der Waals surface area contributed by atoms with Crippen molar-refractivity contribution in [1.29, 1.82) is 0 Å². The van der Waals surface area contributed by atoms with Crippen LogP contribution in [0.25, 0.3) is 0 Å². The Balaban J connectivity index is 2.03. The van der Waals surface area contributed by atoms with E-state index in [0.717, 1.165) is 12.8 Å². The van der Waals surface area contributed by atoms with Crippen LogP contribution in [0.2, 0.25) is 0 Å². The highest BCUT2D eigenvalue weighted by Crippen LogP contribution is 2.66. The molecule has 0 amide bonds. The number of rotatable bonds is 1. The molecule has 1 saturated carbocycles. The molecule has 1 aliphatic heterocycles. The van der Waals surface area contributed by atoms with Gasteiger partial charge in [0.05, 0.1) is 12.0 Å². The van der Waals surface area contributed by atoms with Crippen molar-refractivity contribution in [3.05, 3.63) is 23.8 Å². The Morgan fingerprint density at radius 2 is 2.00 bits per heavy atom. The zero-order chi connectivity index (χ0) is 17.0. The van der Waals surface area contributed by atoms with Crippen LogP contribution in [0.4, 0.5) is 0 Å². The summed E-state index contributed by atoms with van der Waals surface area (Å²) in [6.07, 6.45) is 5.54. The van der Waals surface area contributed by atoms with Crippen molar-refractivity contribution in [2.24, 2.45) is 17.3 Å². The lowest BCUT2D eigenvalue weighted by atomic mass is 9.68. The largest absolute Gasteiger partial charge is 0.364 e. The molecule has 0 bridgehead atoms. The van der Waals surface area contributed by atoms with Crippen LogP contribution in [0.1, 0.15) is 59.8 Å². The van der Waals surface area contributed by atoms with Crippen molar-refractivity contribution in [3.63, 3.8) is 0 Å². The van der Waals surface area contributed by atoms with Crippen molar-refractivity contribution in [3.8, 4) is 0 Å². The summed E-state index contributed by atoms with van der Waals surface area (Å²) in [5.74, 6) is 0.516. The van der Waals surface area contributed by atoms with E-state index >= 15 is 0 Å². The molecule has 3 nitrogen and oxygen atoms in total. The summed E-state index contributed by atoms with van der Waals surface area (Å²) < 4.78 is 6.26. The van der Waals surface area contributed by atoms with Gasteiger partial charge in [-0.2, -0.15) is 0 Å². The van der Waals surface area contributed by atoms with Crippen LogP contribution in [-0.2, 0) is 14.3 Å². The predicted molar refractivity (Wildman–Crippen MR) is 90.0 cm³/mol. The quantitative estimate of drug-likeness (QED) is 0.417. The average Bonchev–Trinajstić information content (AvgIpc) is 3.06. The van der Waals surface area contributed by atoms with Crippen LogP contribution in [0.5, 0.6) is 0 Å². The highest BCUT2D eigenvalue weighted by atomic mass is 16.6. The van der Waals surface area contributed by atoms with Crippen LogP contribution in [0, 0.1) is 17.3 Å². The predicted octanol–water partition coefficient (Wildman–Crippen LogP) is 4.02. The molecular weight excluding hydrogens is 288 g/mol. The van der Waals surface area contributed by atoms with Crippen LogP contribution in [-0.4, -0.2) is 23.3 Å². The Labute approximate surface area is 139 Å². The molecule has 23 heavy (non-hydrogen) atoms. The van der Waals surface area contributed by atoms with Crippen molar-refractivity contribution in [1.82, 2.24) is 0 Å². The van der Waals surface area contributed by atoms with Crippen LogP contribution in [0.3, 0.4) is 0 Å². The van der Waals surface area contributed by atoms with Crippen LogP contribution >= 0.6 is 0 Å². The Morgan fingerprint density at radius 3 is 2.65 bits per heavy atom. The monoisotopic (exact) mass is 316 g/mol. The molecular formula is C20H28O3. The van der Waals surface area contributed by atoms with Gasteiger partial charge < -0.3 is 4.74 Å². The zero-order valence-corrected chi connectivity index (χ0v) is 14.8. The second-order valence-electron chi connectivity index (χ2n) is 8.32. The molecule has 0 unspecified atom stereocenters. The van der Waals surface area contributed by atoms with Crippen LogP contribution < -0.4 is 0 Å². The third kappa shape index (κ3) is 2.44. The summed E-state index contributed by atoms with van der Waals surface area (Å²) in [6, 6.07) is 0. The minimum absolute atomic E-state index is 0.0711. The molecule has 0 aromatic heterocycles. The van der Waals surface area contributed by atoms with Crippen molar-refractivity contribution in [2.45, 2.75) is 71.5 Å². The van der Waals surface area contributed by atoms with E-state index in [0.29, 0.717) is 24.8 Å². The van der Waals surface area contributed by atoms with E-state index < -0.39 is 11.0 Å². The maximum atomic E-state index is 12.7. The molecule has 0 aromatic carbocycles. The first-order chi connectivity index (χ1) is 10.7. The number of ether oxygens (including phenoxy) is 1. The van der Waals surface area contributed by atoms with E-state index in [2.05, 4.69) is 40.3 Å². The van der Waals surface area contributed by atoms with E-state index in [1.165, 1.54) is 5.57 Å². The minimum Gasteiger partial charge on any atom is -0.364 e. The first kappa shape index (κ1) is 16.6. The molecule has 126 valence electrons. The Kier molecular flexibility index (Phi) is 3.91. The summed E-state index contributed by atoms with van der Waals surface area (Å²) in [6.45, 7) is 12.4. The number of hydrogen-bond donors (Lipinski definition) is 0. The summed E-state index contributed by atoms with van der Waals surface area (Å²) >= 11 is 0. The normalized spacial score (nSPS) is 43.5. The molecule has 4 atom stereocenters. The van der Waals surface area contributed by atoms with Gasteiger partial charge in [0.15, 0.2) is 5.78 Å². The van der Waals surface area contributed by atoms with Crippen molar-refractivity contribution >= 4 is 11.6 Å². The third-order valence-electron chi connectivity index (χ3n) is 6.13. The first-order valence-electron chi connectivity index (χ1n) is 8.78. The lowest BCUT2D eigenvalue weighted by Gasteiger charge is -2.32. The van der Waals surface area contributed by atoms with Gasteiger partial charge in [0.1, 0.15) is 11.4 Å². The van der Waals surface area contributed by atoms with Gasteiger partial charge in [-0.05, 0) is 37.7 Å². The molecule has 3 aliphatic rings. The molecule has 1 saturated heterocycles. The molecule has 1 heterocycles. The number of Topliss-reactive ketones (excluding diaryl/α,β-unsaturated/α-hetero) is 2. The number of allylic oxidation sites excluding steroid dienone is 2. The van der Waals surface area contributed by atoms with E-state index in [1.807, 2.05) is 0 Å². The maximum Gasteiger partial charge on any atom is 0.158 e. The lowest BCUT2D eigenvalue weighted by molar-refractivity contribution is -0.122. The Morgan fingerprint density at radius 1 is 1.30 bits per heavy atom. The van der Waals surface area contributed by atoms with Gasteiger partial charge in [-0.25, -0.2) is 0 Å². The summed E-state index contributed by atoms with van der Waals surface area (Å²) in [5.41, 5.74) is 1.13. The maximum absolute atomic E-state index is 12.7. The number of carbonyl (C=O) groups excluding carboxylic acids is 2. The zero-order valence-electron chi connectivity index (χ0n) is 14.8. The average molecular weight is 316 g/mol. The number of ketones is 2. The number of carbonyl (C=O) groups is 2. The van der Waals surface area contributed by atoms with E-state index in [1.54, 1.807) is 0 Å². The highest BCUT2D eigenvalue weighted by molar-refractivity contribution is 5.97. The second-order valence-corrected chi connectivity index (χ2v) is 8.32. The van der Waals surface area contributed by atoms with Crippen LogP contribution in [0.15, 0.2) is 23.8 Å². The van der Waals surface area contributed by atoms with E-state index in [4.69, 9.17) is 4.74 Å². The molecule has 0 radical (unpaired) electrons. The van der Waals surface area contributed by atoms with E-state index in [-0.39, 0.29) is 29.5 Å². The second kappa shape index (κ2) is 5.41. The van der Waals surface area contributed by atoms with E-state index in [9.17, 15) is 9.59 Å². The number of epoxide rings is 1. The highest BCUT2D eigenvalue weighted by Gasteiger charge is 2.76. The molecule has 2 aliphatic carbocycles. The third-order valence-corrected chi connectivity index (χ3v) is 6.13. The number of hydrogen-bond acceptors (Lipinski definition) is 3. The summed E-state index contributed by atoms with van der Waals surface area (Å²) in [4.78, 5) is 25.4. The molecule has 0 aromatic rings. The molecule has 3 heteroatoms.